The molecule has 0 heterocycles. The Kier molecular flexibility index (Phi) is 7.70. The molecule has 0 saturated carbocycles. The van der Waals surface area contributed by atoms with Gasteiger partial charge in [0.15, 0.2) is 0 Å². The lowest BCUT2D eigenvalue weighted by Crippen LogP contribution is -2.41. The van der Waals surface area contributed by atoms with E-state index in [-0.39, 0.29) is 17.3 Å². The zero-order valence-corrected chi connectivity index (χ0v) is 19.6. The van der Waals surface area contributed by atoms with Gasteiger partial charge >= 0.3 is 0 Å². The van der Waals surface area contributed by atoms with Crippen LogP contribution < -0.4 is 9.62 Å². The van der Waals surface area contributed by atoms with Crippen molar-refractivity contribution in [3.63, 3.8) is 0 Å². The van der Waals surface area contributed by atoms with Gasteiger partial charge in [-0.3, -0.25) is 9.10 Å². The molecule has 0 atom stereocenters. The van der Waals surface area contributed by atoms with Crippen LogP contribution in [0.1, 0.15) is 36.5 Å². The average molecular weight is 451 g/mol. The Hall–Kier alpha value is -3.12. The van der Waals surface area contributed by atoms with Crippen LogP contribution in [-0.4, -0.2) is 27.4 Å². The molecule has 0 fully saturated rings. The predicted octanol–water partition coefficient (Wildman–Crippen LogP) is 4.67. The van der Waals surface area contributed by atoms with E-state index in [0.29, 0.717) is 24.6 Å². The molecule has 0 aromatic heterocycles. The second-order valence-electron chi connectivity index (χ2n) is 8.16. The first-order valence-electron chi connectivity index (χ1n) is 10.8. The third-order valence-corrected chi connectivity index (χ3v) is 7.11. The van der Waals surface area contributed by atoms with Gasteiger partial charge in [0.05, 0.1) is 10.6 Å². The molecule has 3 aromatic rings. The first kappa shape index (κ1) is 23.5. The van der Waals surface area contributed by atoms with E-state index in [1.54, 1.807) is 36.4 Å². The number of nitrogens with zero attached hydrogens (tertiary/aromatic N) is 1. The van der Waals surface area contributed by atoms with Crippen LogP contribution in [0.4, 0.5) is 5.69 Å². The van der Waals surface area contributed by atoms with Gasteiger partial charge in [0.25, 0.3) is 10.0 Å². The molecule has 1 amide bonds. The number of sulfonamides is 1. The molecule has 0 saturated heterocycles. The van der Waals surface area contributed by atoms with Gasteiger partial charge in [0, 0.05) is 6.54 Å². The van der Waals surface area contributed by atoms with Gasteiger partial charge in [-0.05, 0) is 54.7 Å². The first-order valence-corrected chi connectivity index (χ1v) is 12.2. The summed E-state index contributed by atoms with van der Waals surface area (Å²) in [6.45, 7) is 6.21. The molecule has 0 aliphatic carbocycles. The minimum Gasteiger partial charge on any atom is -0.354 e. The van der Waals surface area contributed by atoms with Crippen LogP contribution in [0.5, 0.6) is 0 Å². The zero-order valence-electron chi connectivity index (χ0n) is 18.8. The van der Waals surface area contributed by atoms with E-state index in [9.17, 15) is 13.2 Å². The summed E-state index contributed by atoms with van der Waals surface area (Å²) in [6.07, 6.45) is 0.681. The van der Waals surface area contributed by atoms with Crippen molar-refractivity contribution in [2.24, 2.45) is 0 Å². The molecule has 3 aromatic carbocycles. The number of anilines is 1. The van der Waals surface area contributed by atoms with Gasteiger partial charge in [0.1, 0.15) is 6.54 Å². The lowest BCUT2D eigenvalue weighted by molar-refractivity contribution is -0.119. The molecule has 6 heteroatoms. The Morgan fingerprint density at radius 1 is 0.906 bits per heavy atom. The number of hydrogen-bond acceptors (Lipinski definition) is 3. The van der Waals surface area contributed by atoms with E-state index in [1.165, 1.54) is 4.31 Å². The second kappa shape index (κ2) is 10.5. The zero-order chi connectivity index (χ0) is 23.1. The van der Waals surface area contributed by atoms with Gasteiger partial charge in [-0.2, -0.15) is 0 Å². The highest BCUT2D eigenvalue weighted by Gasteiger charge is 2.27. The number of aryl methyl sites for hydroxylation is 1. The molecule has 168 valence electrons. The van der Waals surface area contributed by atoms with Crippen molar-refractivity contribution in [1.29, 1.82) is 0 Å². The topological polar surface area (TPSA) is 66.5 Å². The Bertz CT molecular complexity index is 1120. The number of carbonyl (C=O) groups excluding carboxylic acids is 1. The Morgan fingerprint density at radius 2 is 1.53 bits per heavy atom. The minimum atomic E-state index is -3.90. The van der Waals surface area contributed by atoms with Gasteiger partial charge < -0.3 is 5.32 Å². The number of nitrogens with one attached hydrogen (secondary N) is 1. The van der Waals surface area contributed by atoms with Crippen LogP contribution in [-0.2, 0) is 21.2 Å². The van der Waals surface area contributed by atoms with Crippen molar-refractivity contribution in [2.45, 2.75) is 38.0 Å². The van der Waals surface area contributed by atoms with E-state index in [0.717, 1.165) is 16.7 Å². The van der Waals surface area contributed by atoms with Crippen molar-refractivity contribution >= 4 is 21.6 Å². The van der Waals surface area contributed by atoms with Crippen LogP contribution in [0.25, 0.3) is 0 Å². The largest absolute Gasteiger partial charge is 0.354 e. The predicted molar refractivity (Wildman–Crippen MR) is 129 cm³/mol. The van der Waals surface area contributed by atoms with Gasteiger partial charge in [-0.15, -0.1) is 0 Å². The molecule has 32 heavy (non-hydrogen) atoms. The maximum absolute atomic E-state index is 13.4. The summed E-state index contributed by atoms with van der Waals surface area (Å²) in [4.78, 5) is 12.9. The fourth-order valence-corrected chi connectivity index (χ4v) is 4.78. The SMILES string of the molecule is Cc1ccc(S(=O)(=O)N(CC(=O)NCCc2ccccc2)c2ccc(C(C)C)cc2)cc1. The summed E-state index contributed by atoms with van der Waals surface area (Å²) < 4.78 is 28.1. The normalized spacial score (nSPS) is 11.4. The van der Waals surface area contributed by atoms with Gasteiger partial charge in [-0.1, -0.05) is 74.0 Å². The number of amides is 1. The summed E-state index contributed by atoms with van der Waals surface area (Å²) in [7, 11) is -3.90. The van der Waals surface area contributed by atoms with Gasteiger partial charge in [0.2, 0.25) is 5.91 Å². The third kappa shape index (κ3) is 5.98. The van der Waals surface area contributed by atoms with Gasteiger partial charge in [-0.25, -0.2) is 8.42 Å². The highest BCUT2D eigenvalue weighted by Crippen LogP contribution is 2.26. The Morgan fingerprint density at radius 3 is 2.12 bits per heavy atom. The van der Waals surface area contributed by atoms with Crippen LogP contribution in [0.15, 0.2) is 83.8 Å². The lowest BCUT2D eigenvalue weighted by atomic mass is 10.0. The molecule has 0 bridgehead atoms. The molecule has 0 aliphatic heterocycles. The highest BCUT2D eigenvalue weighted by atomic mass is 32.2. The molecule has 0 unspecified atom stereocenters. The van der Waals surface area contributed by atoms with E-state index in [2.05, 4.69) is 19.2 Å². The molecule has 3 rings (SSSR count). The van der Waals surface area contributed by atoms with E-state index in [1.807, 2.05) is 49.4 Å². The fraction of sp³-hybridized carbons (Fsp3) is 0.269. The van der Waals surface area contributed by atoms with Crippen LogP contribution in [0.2, 0.25) is 0 Å². The summed E-state index contributed by atoms with van der Waals surface area (Å²) in [5.74, 6) is -0.0166. The third-order valence-electron chi connectivity index (χ3n) is 5.32. The molecular formula is C26H30N2O3S. The molecule has 0 aliphatic rings. The van der Waals surface area contributed by atoms with E-state index >= 15 is 0 Å². The molecular weight excluding hydrogens is 420 g/mol. The van der Waals surface area contributed by atoms with Crippen LogP contribution >= 0.6 is 0 Å². The summed E-state index contributed by atoms with van der Waals surface area (Å²) in [5.41, 5.74) is 3.65. The Labute approximate surface area is 191 Å². The number of hydrogen-bond donors (Lipinski definition) is 1. The van der Waals surface area contributed by atoms with E-state index < -0.39 is 10.0 Å². The van der Waals surface area contributed by atoms with Crippen molar-refractivity contribution in [3.8, 4) is 0 Å². The summed E-state index contributed by atoms with van der Waals surface area (Å²) in [5, 5.41) is 2.85. The van der Waals surface area contributed by atoms with Crippen LogP contribution in [0.3, 0.4) is 0 Å². The first-order chi connectivity index (χ1) is 15.3. The molecule has 0 spiro atoms. The minimum absolute atomic E-state index is 0.160. The number of carbonyl (C=O) groups is 1. The smallest absolute Gasteiger partial charge is 0.264 e. The van der Waals surface area contributed by atoms with E-state index in [4.69, 9.17) is 0 Å². The highest BCUT2D eigenvalue weighted by molar-refractivity contribution is 7.92. The van der Waals surface area contributed by atoms with Crippen molar-refractivity contribution in [3.05, 3.63) is 95.6 Å². The second-order valence-corrected chi connectivity index (χ2v) is 10.0. The lowest BCUT2D eigenvalue weighted by Gasteiger charge is -2.24. The van der Waals surface area contributed by atoms with Crippen molar-refractivity contribution in [1.82, 2.24) is 5.32 Å². The van der Waals surface area contributed by atoms with Crippen molar-refractivity contribution in [2.75, 3.05) is 17.4 Å². The average Bonchev–Trinajstić information content (AvgIpc) is 2.78. The standard InChI is InChI=1S/C26H30N2O3S/c1-20(2)23-11-13-24(14-12-23)28(32(30,31)25-15-9-21(3)10-16-25)19-26(29)27-18-17-22-7-5-4-6-8-22/h4-16,20H,17-19H2,1-3H3,(H,27,29). The fourth-order valence-electron chi connectivity index (χ4n) is 3.36. The van der Waals surface area contributed by atoms with Crippen LogP contribution in [0, 0.1) is 6.92 Å². The summed E-state index contributed by atoms with van der Waals surface area (Å²) in [6, 6.07) is 23.8. The molecule has 1 N–H and O–H groups in total. The number of rotatable bonds is 9. The Balaban J connectivity index is 1.81. The quantitative estimate of drug-likeness (QED) is 0.515. The maximum atomic E-state index is 13.4. The maximum Gasteiger partial charge on any atom is 0.264 e. The monoisotopic (exact) mass is 450 g/mol. The molecule has 0 radical (unpaired) electrons. The number of benzene rings is 3. The van der Waals surface area contributed by atoms with Crippen molar-refractivity contribution < 1.29 is 13.2 Å². The molecule has 5 nitrogen and oxygen atoms in total. The summed E-state index contributed by atoms with van der Waals surface area (Å²) >= 11 is 0.